The number of carbonyl (C=O) groups is 4. The van der Waals surface area contributed by atoms with E-state index < -0.39 is 30.0 Å². The van der Waals surface area contributed by atoms with Crippen LogP contribution in [0.1, 0.15) is 25.7 Å². The molecule has 0 aliphatic rings. The van der Waals surface area contributed by atoms with Crippen LogP contribution >= 0.6 is 0 Å². The van der Waals surface area contributed by atoms with Gasteiger partial charge in [0.1, 0.15) is 12.3 Å². The molecule has 7 N–H and O–H groups in total. The first kappa shape index (κ1) is 19.3. The highest BCUT2D eigenvalue weighted by molar-refractivity contribution is 5.74. The van der Waals surface area contributed by atoms with Crippen molar-refractivity contribution in [3.05, 3.63) is 0 Å². The summed E-state index contributed by atoms with van der Waals surface area (Å²) in [6.07, 6.45) is 0.500. The maximum absolute atomic E-state index is 9.99. The first-order valence-electron chi connectivity index (χ1n) is 5.33. The lowest BCUT2D eigenvalue weighted by atomic mass is 10.2. The molecule has 0 aromatic carbocycles. The maximum Gasteiger partial charge on any atom is 0.320 e. The zero-order chi connectivity index (χ0) is 15.4. The summed E-state index contributed by atoms with van der Waals surface area (Å²) in [6, 6.07) is -1.68. The van der Waals surface area contributed by atoms with Gasteiger partial charge in [-0.2, -0.15) is 0 Å². The Hall–Kier alpha value is -2.00. The van der Waals surface area contributed by atoms with Crippen molar-refractivity contribution in [2.24, 2.45) is 11.5 Å². The van der Waals surface area contributed by atoms with Crippen LogP contribution < -0.4 is 11.5 Å². The van der Waals surface area contributed by atoms with Gasteiger partial charge in [-0.25, -0.2) is 0 Å². The molecule has 0 saturated carbocycles. The largest absolute Gasteiger partial charge is 0.481 e. The minimum Gasteiger partial charge on any atom is -0.481 e. The fraction of sp³-hybridized carbons (Fsp3) is 0.600. The highest BCUT2D eigenvalue weighted by Gasteiger charge is 2.12. The van der Waals surface area contributed by atoms with E-state index in [0.29, 0.717) is 6.29 Å². The minimum atomic E-state index is -1.17. The molecule has 0 rings (SSSR count). The molecule has 0 radical (unpaired) electrons. The lowest BCUT2D eigenvalue weighted by Crippen LogP contribution is -2.30. The van der Waals surface area contributed by atoms with Gasteiger partial charge in [-0.05, 0) is 12.8 Å². The molecule has 0 spiro atoms. The normalized spacial score (nSPS) is 12.5. The van der Waals surface area contributed by atoms with Gasteiger partial charge >= 0.3 is 17.9 Å². The Labute approximate surface area is 109 Å². The zero-order valence-electron chi connectivity index (χ0n) is 10.2. The van der Waals surface area contributed by atoms with Crippen LogP contribution in [0.2, 0.25) is 0 Å². The number of aldehydes is 1. The molecular formula is C10H18N2O7. The quantitative estimate of drug-likeness (QED) is 0.335. The number of nitrogens with two attached hydrogens (primary N) is 2. The monoisotopic (exact) mass is 278 g/mol. The van der Waals surface area contributed by atoms with E-state index in [2.05, 4.69) is 0 Å². The third kappa shape index (κ3) is 16.0. The second-order valence-corrected chi connectivity index (χ2v) is 3.61. The predicted octanol–water partition coefficient (Wildman–Crippen LogP) is -1.36. The van der Waals surface area contributed by atoms with Crippen molar-refractivity contribution in [2.45, 2.75) is 37.8 Å². The number of carboxylic acid groups (broad SMARTS) is 3. The number of hydrogen-bond donors (Lipinski definition) is 5. The predicted molar refractivity (Wildman–Crippen MR) is 63.4 cm³/mol. The van der Waals surface area contributed by atoms with E-state index in [1.807, 2.05) is 0 Å². The van der Waals surface area contributed by atoms with Gasteiger partial charge in [0.15, 0.2) is 0 Å². The van der Waals surface area contributed by atoms with Crippen LogP contribution in [-0.2, 0) is 19.2 Å². The summed E-state index contributed by atoms with van der Waals surface area (Å²) >= 11 is 0. The number of rotatable bonds is 8. The van der Waals surface area contributed by atoms with E-state index in [0.717, 1.165) is 0 Å². The molecule has 2 atom stereocenters. The Kier molecular flexibility index (Phi) is 11.3. The molecule has 1 unspecified atom stereocenters. The SMILES string of the molecule is NC(C=O)CCC(=O)O.N[C@@H](CCC(=O)O)C(=O)O. The molecule has 0 aliphatic carbocycles. The first-order valence-corrected chi connectivity index (χ1v) is 5.33. The van der Waals surface area contributed by atoms with Gasteiger partial charge in [0, 0.05) is 12.8 Å². The first-order chi connectivity index (χ1) is 8.70. The minimum absolute atomic E-state index is 0.0231. The molecular weight excluding hydrogens is 260 g/mol. The molecule has 9 nitrogen and oxygen atoms in total. The van der Waals surface area contributed by atoms with Gasteiger partial charge in [-0.3, -0.25) is 14.4 Å². The summed E-state index contributed by atoms with van der Waals surface area (Å²) in [7, 11) is 0. The second-order valence-electron chi connectivity index (χ2n) is 3.61. The number of carboxylic acids is 3. The molecule has 0 aliphatic heterocycles. The van der Waals surface area contributed by atoms with Crippen molar-refractivity contribution < 1.29 is 34.5 Å². The zero-order valence-corrected chi connectivity index (χ0v) is 10.2. The summed E-state index contributed by atoms with van der Waals surface area (Å²) in [4.78, 5) is 39.5. The van der Waals surface area contributed by atoms with Crippen LogP contribution in [0.3, 0.4) is 0 Å². The summed E-state index contributed by atoms with van der Waals surface area (Å²) < 4.78 is 0. The fourth-order valence-corrected chi connectivity index (χ4v) is 0.761. The number of aliphatic carboxylic acids is 3. The molecule has 0 fully saturated rings. The molecule has 0 aromatic heterocycles. The van der Waals surface area contributed by atoms with Gasteiger partial charge in [0.05, 0.1) is 6.04 Å². The van der Waals surface area contributed by atoms with Gasteiger partial charge in [0.25, 0.3) is 0 Å². The molecule has 19 heavy (non-hydrogen) atoms. The van der Waals surface area contributed by atoms with Gasteiger partial charge in [-0.15, -0.1) is 0 Å². The van der Waals surface area contributed by atoms with Gasteiger partial charge in [-0.1, -0.05) is 0 Å². The number of carbonyl (C=O) groups excluding carboxylic acids is 1. The van der Waals surface area contributed by atoms with E-state index in [4.69, 9.17) is 26.8 Å². The van der Waals surface area contributed by atoms with Crippen molar-refractivity contribution in [2.75, 3.05) is 0 Å². The topological polar surface area (TPSA) is 181 Å². The smallest absolute Gasteiger partial charge is 0.320 e. The van der Waals surface area contributed by atoms with Gasteiger partial charge < -0.3 is 31.6 Å². The molecule has 110 valence electrons. The second kappa shape index (κ2) is 11.1. The Morgan fingerprint density at radius 2 is 1.37 bits per heavy atom. The lowest BCUT2D eigenvalue weighted by Gasteiger charge is -2.01. The highest BCUT2D eigenvalue weighted by atomic mass is 16.4. The van der Waals surface area contributed by atoms with E-state index in [1.54, 1.807) is 0 Å². The van der Waals surface area contributed by atoms with Crippen molar-refractivity contribution >= 4 is 24.2 Å². The van der Waals surface area contributed by atoms with Crippen molar-refractivity contribution in [1.82, 2.24) is 0 Å². The molecule has 0 bridgehead atoms. The van der Waals surface area contributed by atoms with Crippen LogP contribution in [0.5, 0.6) is 0 Å². The molecule has 0 heterocycles. The Morgan fingerprint density at radius 1 is 0.947 bits per heavy atom. The summed E-state index contributed by atoms with van der Waals surface area (Å²) in [5.74, 6) is -3.12. The van der Waals surface area contributed by atoms with E-state index >= 15 is 0 Å². The van der Waals surface area contributed by atoms with Crippen LogP contribution in [0, 0.1) is 0 Å². The van der Waals surface area contributed by atoms with Gasteiger partial charge in [0.2, 0.25) is 0 Å². The lowest BCUT2D eigenvalue weighted by molar-refractivity contribution is -0.140. The van der Waals surface area contributed by atoms with Crippen LogP contribution in [0.4, 0.5) is 0 Å². The van der Waals surface area contributed by atoms with E-state index in [9.17, 15) is 19.2 Å². The van der Waals surface area contributed by atoms with E-state index in [-0.39, 0.29) is 25.7 Å². The van der Waals surface area contributed by atoms with Crippen LogP contribution in [0.25, 0.3) is 0 Å². The third-order valence-electron chi connectivity index (χ3n) is 1.85. The van der Waals surface area contributed by atoms with Crippen molar-refractivity contribution in [3.63, 3.8) is 0 Å². The van der Waals surface area contributed by atoms with Crippen molar-refractivity contribution in [1.29, 1.82) is 0 Å². The Bertz CT molecular complexity index is 319. The average molecular weight is 278 g/mol. The Morgan fingerprint density at radius 3 is 1.68 bits per heavy atom. The maximum atomic E-state index is 9.99. The molecule has 0 saturated heterocycles. The molecule has 0 amide bonds. The third-order valence-corrected chi connectivity index (χ3v) is 1.85. The average Bonchev–Trinajstić information content (AvgIpc) is 2.33. The standard InChI is InChI=1S/C5H9NO4.C5H9NO3/c6-3(5(9)10)1-2-4(7)8;6-4(3-7)1-2-5(8)9/h3H,1-2,6H2,(H,7,8)(H,9,10);3-4H,1-2,6H2,(H,8,9)/t3-;/m0./s1. The fourth-order valence-electron chi connectivity index (χ4n) is 0.761. The summed E-state index contributed by atoms with van der Waals surface area (Å²) in [6.45, 7) is 0. The molecule has 9 heteroatoms. The van der Waals surface area contributed by atoms with E-state index in [1.165, 1.54) is 0 Å². The summed E-state index contributed by atoms with van der Waals surface area (Å²) in [5.41, 5.74) is 10.1. The molecule has 0 aromatic rings. The van der Waals surface area contributed by atoms with Crippen LogP contribution in [-0.4, -0.2) is 51.6 Å². The number of hydrogen-bond acceptors (Lipinski definition) is 6. The van der Waals surface area contributed by atoms with Crippen molar-refractivity contribution in [3.8, 4) is 0 Å². The summed E-state index contributed by atoms with van der Waals surface area (Å²) in [5, 5.41) is 24.4. The Balaban J connectivity index is 0. The van der Waals surface area contributed by atoms with Crippen LogP contribution in [0.15, 0.2) is 0 Å². The highest BCUT2D eigenvalue weighted by Crippen LogP contribution is 1.93.